The number of hydrogen-bond donors (Lipinski definition) is 2. The number of nitrogens with two attached hydrogens (primary N) is 1. The first kappa shape index (κ1) is 11.7. The monoisotopic (exact) mass is 238 g/mol. The zero-order valence-electron chi connectivity index (χ0n) is 9.67. The lowest BCUT2D eigenvalue weighted by atomic mass is 9.96. The van der Waals surface area contributed by atoms with Crippen LogP contribution >= 0.6 is 11.6 Å². The molecule has 0 radical (unpaired) electrons. The fourth-order valence-electron chi connectivity index (χ4n) is 2.58. The molecule has 0 saturated heterocycles. The highest BCUT2D eigenvalue weighted by Crippen LogP contribution is 2.36. The molecule has 1 saturated carbocycles. The van der Waals surface area contributed by atoms with Crippen LogP contribution < -0.4 is 11.1 Å². The minimum absolute atomic E-state index is 0.0905. The maximum atomic E-state index is 5.92. The van der Waals surface area contributed by atoms with E-state index in [0.29, 0.717) is 6.54 Å². The molecule has 0 heterocycles. The van der Waals surface area contributed by atoms with E-state index in [1.807, 2.05) is 24.3 Å². The van der Waals surface area contributed by atoms with Crippen molar-refractivity contribution < 1.29 is 0 Å². The average molecular weight is 239 g/mol. The smallest absolute Gasteiger partial charge is 0.0498 e. The molecule has 88 valence electrons. The Labute approximate surface area is 102 Å². The molecule has 3 heteroatoms. The third kappa shape index (κ3) is 2.50. The van der Waals surface area contributed by atoms with Gasteiger partial charge in [-0.25, -0.2) is 0 Å². The fourth-order valence-corrected chi connectivity index (χ4v) is 2.71. The molecular weight excluding hydrogens is 220 g/mol. The van der Waals surface area contributed by atoms with E-state index in [-0.39, 0.29) is 5.54 Å². The number of nitrogens with one attached hydrogen (secondary N) is 1. The topological polar surface area (TPSA) is 38.0 Å². The highest BCUT2D eigenvalue weighted by atomic mass is 35.5. The van der Waals surface area contributed by atoms with E-state index in [9.17, 15) is 0 Å². The average Bonchev–Trinajstić information content (AvgIpc) is 2.64. The van der Waals surface area contributed by atoms with E-state index >= 15 is 0 Å². The zero-order valence-corrected chi connectivity index (χ0v) is 10.4. The summed E-state index contributed by atoms with van der Waals surface area (Å²) in [5.41, 5.74) is 7.13. The van der Waals surface area contributed by atoms with E-state index in [2.05, 4.69) is 12.2 Å². The highest BCUT2D eigenvalue weighted by molar-refractivity contribution is 6.30. The first-order valence-corrected chi connectivity index (χ1v) is 6.25. The van der Waals surface area contributed by atoms with Crippen LogP contribution in [0.5, 0.6) is 0 Å². The molecule has 2 unspecified atom stereocenters. The Morgan fingerprint density at radius 2 is 2.12 bits per heavy atom. The van der Waals surface area contributed by atoms with E-state index < -0.39 is 0 Å². The molecule has 3 N–H and O–H groups in total. The van der Waals surface area contributed by atoms with Crippen LogP contribution in [-0.2, 0) is 0 Å². The largest absolute Gasteiger partial charge is 0.378 e. The normalized spacial score (nSPS) is 29.3. The van der Waals surface area contributed by atoms with Gasteiger partial charge in [0.1, 0.15) is 0 Å². The highest BCUT2D eigenvalue weighted by Gasteiger charge is 2.35. The van der Waals surface area contributed by atoms with Crippen LogP contribution in [0, 0.1) is 5.92 Å². The van der Waals surface area contributed by atoms with Crippen molar-refractivity contribution in [3.63, 3.8) is 0 Å². The van der Waals surface area contributed by atoms with Crippen molar-refractivity contribution in [3.05, 3.63) is 29.3 Å². The van der Waals surface area contributed by atoms with Gasteiger partial charge in [-0.05, 0) is 49.4 Å². The van der Waals surface area contributed by atoms with Crippen LogP contribution in [0.25, 0.3) is 0 Å². The summed E-state index contributed by atoms with van der Waals surface area (Å²) in [6.45, 7) is 2.99. The SMILES string of the molecule is CC1CCC(CN)(Nc2ccc(Cl)cc2)C1. The van der Waals surface area contributed by atoms with Gasteiger partial charge in [-0.3, -0.25) is 0 Å². The summed E-state index contributed by atoms with van der Waals surface area (Å²) in [5.74, 6) is 0.767. The Bertz CT molecular complexity index is 349. The lowest BCUT2D eigenvalue weighted by molar-refractivity contribution is 0.470. The predicted octanol–water partition coefficient (Wildman–Crippen LogP) is 3.27. The first-order chi connectivity index (χ1) is 7.63. The van der Waals surface area contributed by atoms with Crippen molar-refractivity contribution in [2.24, 2.45) is 11.7 Å². The third-order valence-electron chi connectivity index (χ3n) is 3.50. The Morgan fingerprint density at radius 3 is 2.62 bits per heavy atom. The van der Waals surface area contributed by atoms with Gasteiger partial charge in [0.2, 0.25) is 0 Å². The van der Waals surface area contributed by atoms with Crippen LogP contribution in [0.1, 0.15) is 26.2 Å². The van der Waals surface area contributed by atoms with Crippen LogP contribution in [0.15, 0.2) is 24.3 Å². The number of halogens is 1. The second kappa shape index (κ2) is 4.64. The number of benzene rings is 1. The molecule has 16 heavy (non-hydrogen) atoms. The Balaban J connectivity index is 2.10. The second-order valence-electron chi connectivity index (χ2n) is 4.96. The lowest BCUT2D eigenvalue weighted by Gasteiger charge is -2.30. The number of rotatable bonds is 3. The molecule has 1 aliphatic carbocycles. The molecule has 1 fully saturated rings. The second-order valence-corrected chi connectivity index (χ2v) is 5.40. The first-order valence-electron chi connectivity index (χ1n) is 5.87. The molecule has 0 bridgehead atoms. The van der Waals surface area contributed by atoms with Gasteiger partial charge < -0.3 is 11.1 Å². The summed E-state index contributed by atoms with van der Waals surface area (Å²) in [6.07, 6.45) is 3.58. The Hall–Kier alpha value is -0.730. The van der Waals surface area contributed by atoms with Gasteiger partial charge >= 0.3 is 0 Å². The van der Waals surface area contributed by atoms with Gasteiger partial charge in [0, 0.05) is 22.8 Å². The number of hydrogen-bond acceptors (Lipinski definition) is 2. The van der Waals surface area contributed by atoms with Crippen molar-refractivity contribution in [1.29, 1.82) is 0 Å². The summed E-state index contributed by atoms with van der Waals surface area (Å²) < 4.78 is 0. The van der Waals surface area contributed by atoms with Crippen LogP contribution in [0.4, 0.5) is 5.69 Å². The molecule has 1 aliphatic rings. The molecule has 1 aromatic carbocycles. The molecule has 0 amide bonds. The van der Waals surface area contributed by atoms with Gasteiger partial charge in [0.15, 0.2) is 0 Å². The van der Waals surface area contributed by atoms with E-state index in [4.69, 9.17) is 17.3 Å². The molecule has 0 aromatic heterocycles. The van der Waals surface area contributed by atoms with Crippen molar-refractivity contribution in [3.8, 4) is 0 Å². The van der Waals surface area contributed by atoms with E-state index in [0.717, 1.165) is 29.5 Å². The van der Waals surface area contributed by atoms with Crippen molar-refractivity contribution in [2.45, 2.75) is 31.7 Å². The molecule has 2 nitrogen and oxygen atoms in total. The molecule has 2 atom stereocenters. The van der Waals surface area contributed by atoms with Gasteiger partial charge in [-0.2, -0.15) is 0 Å². The maximum absolute atomic E-state index is 5.92. The minimum Gasteiger partial charge on any atom is -0.378 e. The summed E-state index contributed by atoms with van der Waals surface area (Å²) in [5, 5.41) is 4.35. The Kier molecular flexibility index (Phi) is 3.41. The van der Waals surface area contributed by atoms with Crippen molar-refractivity contribution >= 4 is 17.3 Å². The molecular formula is C13H19ClN2. The zero-order chi connectivity index (χ0) is 11.6. The fraction of sp³-hybridized carbons (Fsp3) is 0.538. The lowest BCUT2D eigenvalue weighted by Crippen LogP contribution is -2.43. The quantitative estimate of drug-likeness (QED) is 0.848. The van der Waals surface area contributed by atoms with Gasteiger partial charge in [-0.15, -0.1) is 0 Å². The van der Waals surface area contributed by atoms with Crippen molar-refractivity contribution in [1.82, 2.24) is 0 Å². The molecule has 2 rings (SSSR count). The summed E-state index contributed by atoms with van der Waals surface area (Å²) >= 11 is 5.87. The van der Waals surface area contributed by atoms with Crippen LogP contribution in [0.3, 0.4) is 0 Å². The minimum atomic E-state index is 0.0905. The van der Waals surface area contributed by atoms with Gasteiger partial charge in [0.05, 0.1) is 0 Å². The Morgan fingerprint density at radius 1 is 1.44 bits per heavy atom. The molecule has 0 spiro atoms. The van der Waals surface area contributed by atoms with Gasteiger partial charge in [0.25, 0.3) is 0 Å². The van der Waals surface area contributed by atoms with E-state index in [1.54, 1.807) is 0 Å². The molecule has 0 aliphatic heterocycles. The number of anilines is 1. The van der Waals surface area contributed by atoms with Crippen molar-refractivity contribution in [2.75, 3.05) is 11.9 Å². The third-order valence-corrected chi connectivity index (χ3v) is 3.75. The van der Waals surface area contributed by atoms with Crippen LogP contribution in [0.2, 0.25) is 5.02 Å². The summed E-state index contributed by atoms with van der Waals surface area (Å²) in [4.78, 5) is 0. The summed E-state index contributed by atoms with van der Waals surface area (Å²) in [6, 6.07) is 7.85. The van der Waals surface area contributed by atoms with Crippen LogP contribution in [-0.4, -0.2) is 12.1 Å². The predicted molar refractivity (Wildman–Crippen MR) is 69.9 cm³/mol. The molecule has 1 aromatic rings. The standard InChI is InChI=1S/C13H19ClN2/c1-10-6-7-13(8-10,9-15)16-12-4-2-11(14)3-5-12/h2-5,10,16H,6-9,15H2,1H3. The maximum Gasteiger partial charge on any atom is 0.0498 e. The summed E-state index contributed by atoms with van der Waals surface area (Å²) in [7, 11) is 0. The van der Waals surface area contributed by atoms with Gasteiger partial charge in [-0.1, -0.05) is 18.5 Å². The van der Waals surface area contributed by atoms with E-state index in [1.165, 1.54) is 6.42 Å².